The third-order valence-electron chi connectivity index (χ3n) is 7.01. The fourth-order valence-electron chi connectivity index (χ4n) is 4.95. The molecule has 0 radical (unpaired) electrons. The zero-order valence-electron chi connectivity index (χ0n) is 22.2. The van der Waals surface area contributed by atoms with Gasteiger partial charge >= 0.3 is 0 Å². The summed E-state index contributed by atoms with van der Waals surface area (Å²) in [5.74, 6) is 0. The van der Waals surface area contributed by atoms with Crippen molar-refractivity contribution in [2.45, 2.75) is 77.6 Å². The molecule has 198 valence electrons. The van der Waals surface area contributed by atoms with Crippen molar-refractivity contribution in [2.75, 3.05) is 0 Å². The van der Waals surface area contributed by atoms with Crippen molar-refractivity contribution < 1.29 is 4.79 Å². The number of rotatable bonds is 15. The molecule has 1 nitrogen and oxygen atoms in total. The Balaban J connectivity index is 1.14. The van der Waals surface area contributed by atoms with E-state index in [-0.39, 0.29) is 0 Å². The lowest BCUT2D eigenvalue weighted by Crippen LogP contribution is -1.85. The third kappa shape index (κ3) is 7.32. The van der Waals surface area contributed by atoms with Crippen molar-refractivity contribution in [2.24, 2.45) is 0 Å². The first-order chi connectivity index (χ1) is 18.7. The summed E-state index contributed by atoms with van der Waals surface area (Å²) in [6, 6.07) is 21.8. The highest BCUT2D eigenvalue weighted by Gasteiger charge is 2.14. The van der Waals surface area contributed by atoms with Crippen LogP contribution in [0.2, 0.25) is 0 Å². The lowest BCUT2D eigenvalue weighted by molar-refractivity contribution is 0.112. The molecule has 38 heavy (non-hydrogen) atoms. The van der Waals surface area contributed by atoms with Crippen LogP contribution in [0.1, 0.15) is 93.0 Å². The Morgan fingerprint density at radius 3 is 2.00 bits per heavy atom. The van der Waals surface area contributed by atoms with Crippen LogP contribution in [0.3, 0.4) is 0 Å². The van der Waals surface area contributed by atoms with Gasteiger partial charge in [-0.2, -0.15) is 0 Å². The largest absolute Gasteiger partial charge is 0.298 e. The molecule has 0 aliphatic carbocycles. The first-order valence-corrected chi connectivity index (χ1v) is 17.2. The Morgan fingerprint density at radius 2 is 1.29 bits per heavy atom. The number of benzene rings is 1. The second-order valence-corrected chi connectivity index (χ2v) is 14.8. The maximum Gasteiger partial charge on any atom is 0.151 e. The molecule has 5 rings (SSSR count). The number of thiophene rings is 4. The van der Waals surface area contributed by atoms with Crippen molar-refractivity contribution >= 4 is 61.0 Å². The highest BCUT2D eigenvalue weighted by Crippen LogP contribution is 2.38. The van der Waals surface area contributed by atoms with Gasteiger partial charge in [0, 0.05) is 57.1 Å². The van der Waals surface area contributed by atoms with Gasteiger partial charge in [-0.3, -0.25) is 4.79 Å². The predicted molar refractivity (Wildman–Crippen MR) is 171 cm³/mol. The van der Waals surface area contributed by atoms with Gasteiger partial charge in [-0.25, -0.2) is 0 Å². The van der Waals surface area contributed by atoms with Gasteiger partial charge in [0.15, 0.2) is 6.29 Å². The van der Waals surface area contributed by atoms with Crippen molar-refractivity contribution in [3.63, 3.8) is 0 Å². The number of unbranched alkanes of at least 4 members (excludes halogenated alkanes) is 7. The molecule has 0 saturated carbocycles. The van der Waals surface area contributed by atoms with E-state index in [2.05, 4.69) is 55.5 Å². The molecular formula is C33H36OS4. The molecule has 0 amide bonds. The average Bonchev–Trinajstić information content (AvgIpc) is 3.71. The summed E-state index contributed by atoms with van der Waals surface area (Å²) in [6.07, 6.45) is 15.2. The Labute approximate surface area is 243 Å². The van der Waals surface area contributed by atoms with Crippen LogP contribution >= 0.6 is 45.3 Å². The van der Waals surface area contributed by atoms with Gasteiger partial charge in [0.2, 0.25) is 0 Å². The van der Waals surface area contributed by atoms with Crippen molar-refractivity contribution in [3.05, 3.63) is 90.6 Å². The SMILES string of the molecule is CCCCCCCCCCc1ccc(Cc2cc3sc(Cc4sc(-c5ccccc5)cc4C=O)cc3s2)s1. The zero-order valence-corrected chi connectivity index (χ0v) is 25.4. The summed E-state index contributed by atoms with van der Waals surface area (Å²) in [5.41, 5.74) is 2.00. The molecule has 4 aromatic heterocycles. The van der Waals surface area contributed by atoms with E-state index in [0.717, 1.165) is 29.6 Å². The molecular weight excluding hydrogens is 541 g/mol. The first kappa shape index (κ1) is 27.5. The van der Waals surface area contributed by atoms with Crippen molar-refractivity contribution in [1.29, 1.82) is 0 Å². The van der Waals surface area contributed by atoms with E-state index in [1.807, 2.05) is 46.1 Å². The third-order valence-corrected chi connectivity index (χ3v) is 11.7. The molecule has 0 saturated heterocycles. The van der Waals surface area contributed by atoms with Crippen LogP contribution in [0.25, 0.3) is 19.8 Å². The van der Waals surface area contributed by atoms with Gasteiger partial charge < -0.3 is 0 Å². The van der Waals surface area contributed by atoms with E-state index < -0.39 is 0 Å². The molecule has 0 aliphatic rings. The minimum Gasteiger partial charge on any atom is -0.298 e. The second-order valence-electron chi connectivity index (χ2n) is 10.1. The van der Waals surface area contributed by atoms with Gasteiger partial charge in [0.25, 0.3) is 0 Å². The maximum absolute atomic E-state index is 11.7. The normalized spacial score (nSPS) is 11.5. The smallest absolute Gasteiger partial charge is 0.151 e. The Hall–Kier alpha value is -2.05. The number of hydrogen-bond acceptors (Lipinski definition) is 5. The summed E-state index contributed by atoms with van der Waals surface area (Å²) >= 11 is 7.55. The standard InChI is InChI=1S/C33H36OS4/c1-2-3-4-5-6-7-8-12-15-26-16-17-27(35-26)19-28-21-32-33(36-28)22-29(37-32)20-31-25(23-34)18-30(38-31)24-13-10-9-11-14-24/h9-11,13-14,16-18,21-23H,2-8,12,15,19-20H2,1H3. The Morgan fingerprint density at radius 1 is 0.632 bits per heavy atom. The molecule has 4 heterocycles. The second kappa shape index (κ2) is 13.8. The number of aryl methyl sites for hydroxylation is 1. The van der Waals surface area contributed by atoms with Crippen LogP contribution in [-0.2, 0) is 19.3 Å². The fourth-order valence-corrected chi connectivity index (χ4v) is 9.86. The van der Waals surface area contributed by atoms with E-state index in [4.69, 9.17) is 0 Å². The lowest BCUT2D eigenvalue weighted by Gasteiger charge is -2.01. The predicted octanol–water partition coefficient (Wildman–Crippen LogP) is 11.4. The molecule has 5 aromatic rings. The number of hydrogen-bond donors (Lipinski definition) is 0. The minimum atomic E-state index is 0.826. The molecule has 0 spiro atoms. The summed E-state index contributed by atoms with van der Waals surface area (Å²) in [6.45, 7) is 2.28. The van der Waals surface area contributed by atoms with Crippen molar-refractivity contribution in [1.82, 2.24) is 0 Å². The number of carbonyl (C=O) groups is 1. The maximum atomic E-state index is 11.7. The summed E-state index contributed by atoms with van der Waals surface area (Å²) < 4.78 is 2.76. The van der Waals surface area contributed by atoms with Crippen LogP contribution in [0.15, 0.2) is 60.7 Å². The van der Waals surface area contributed by atoms with Gasteiger partial charge in [0.05, 0.1) is 0 Å². The van der Waals surface area contributed by atoms with Gasteiger partial charge in [-0.05, 0) is 48.7 Å². The fraction of sp³-hybridized carbons (Fsp3) is 0.364. The molecule has 1 aromatic carbocycles. The molecule has 0 atom stereocenters. The van der Waals surface area contributed by atoms with Gasteiger partial charge in [-0.1, -0.05) is 82.2 Å². The highest BCUT2D eigenvalue weighted by molar-refractivity contribution is 7.28. The first-order valence-electron chi connectivity index (χ1n) is 13.9. The molecule has 0 fully saturated rings. The molecule has 0 unspecified atom stereocenters. The van der Waals surface area contributed by atoms with E-state index in [1.54, 1.807) is 16.2 Å². The monoisotopic (exact) mass is 576 g/mol. The van der Waals surface area contributed by atoms with Gasteiger partial charge in [-0.15, -0.1) is 45.3 Å². The van der Waals surface area contributed by atoms with E-state index >= 15 is 0 Å². The van der Waals surface area contributed by atoms with E-state index in [0.29, 0.717) is 0 Å². The molecule has 5 heteroatoms. The van der Waals surface area contributed by atoms with Crippen LogP contribution in [0.4, 0.5) is 0 Å². The van der Waals surface area contributed by atoms with Crippen LogP contribution < -0.4 is 0 Å². The molecule has 0 N–H and O–H groups in total. The Bertz CT molecular complexity index is 1400. The lowest BCUT2D eigenvalue weighted by atomic mass is 10.1. The van der Waals surface area contributed by atoms with E-state index in [9.17, 15) is 4.79 Å². The van der Waals surface area contributed by atoms with Crippen LogP contribution in [-0.4, -0.2) is 6.29 Å². The summed E-state index contributed by atoms with van der Waals surface area (Å²) in [7, 11) is 0. The molecule has 0 bridgehead atoms. The number of fused-ring (bicyclic) bond motifs is 1. The van der Waals surface area contributed by atoms with Crippen LogP contribution in [0, 0.1) is 0 Å². The van der Waals surface area contributed by atoms with E-state index in [1.165, 1.54) is 92.3 Å². The zero-order chi connectivity index (χ0) is 26.2. The van der Waals surface area contributed by atoms with Crippen LogP contribution in [0.5, 0.6) is 0 Å². The summed E-state index contributed by atoms with van der Waals surface area (Å²) in [4.78, 5) is 19.9. The number of carbonyl (C=O) groups excluding carboxylic acids is 1. The Kier molecular flexibility index (Phi) is 10.0. The van der Waals surface area contributed by atoms with Crippen molar-refractivity contribution in [3.8, 4) is 10.4 Å². The number of aldehydes is 1. The minimum absolute atomic E-state index is 0.826. The highest BCUT2D eigenvalue weighted by atomic mass is 32.1. The quantitative estimate of drug-likeness (QED) is 0.0894. The van der Waals surface area contributed by atoms with Gasteiger partial charge in [0.1, 0.15) is 0 Å². The molecule has 0 aliphatic heterocycles. The topological polar surface area (TPSA) is 17.1 Å². The summed E-state index contributed by atoms with van der Waals surface area (Å²) in [5, 5.41) is 0. The average molecular weight is 577 g/mol.